The number of rotatable bonds is 6. The Kier molecular flexibility index (Phi) is 5.47. The highest BCUT2D eigenvalue weighted by Crippen LogP contribution is 2.25. The summed E-state index contributed by atoms with van der Waals surface area (Å²) in [4.78, 5) is 0. The molecule has 5 heteroatoms. The molecule has 0 radical (unpaired) electrons. The Morgan fingerprint density at radius 1 is 1.33 bits per heavy atom. The Morgan fingerprint density at radius 3 is 2.52 bits per heavy atom. The first-order chi connectivity index (χ1) is 10.0. The lowest BCUT2D eigenvalue weighted by Gasteiger charge is -2.29. The van der Waals surface area contributed by atoms with Crippen LogP contribution in [-0.4, -0.2) is 15.7 Å². The van der Waals surface area contributed by atoms with Gasteiger partial charge in [-0.3, -0.25) is 4.68 Å². The van der Waals surface area contributed by atoms with Crippen molar-refractivity contribution in [3.8, 4) is 0 Å². The molecule has 2 rings (SSSR count). The second-order valence-electron chi connectivity index (χ2n) is 5.37. The van der Waals surface area contributed by atoms with E-state index >= 15 is 0 Å². The molecule has 0 fully saturated rings. The minimum absolute atomic E-state index is 0.265. The van der Waals surface area contributed by atoms with E-state index in [1.807, 2.05) is 29.9 Å². The van der Waals surface area contributed by atoms with Gasteiger partial charge in [0, 0.05) is 19.5 Å². The van der Waals surface area contributed by atoms with Crippen LogP contribution in [0.15, 0.2) is 34.8 Å². The molecule has 2 aromatic rings. The van der Waals surface area contributed by atoms with Gasteiger partial charge in [-0.1, -0.05) is 37.3 Å². The van der Waals surface area contributed by atoms with Crippen molar-refractivity contribution in [2.45, 2.75) is 32.4 Å². The van der Waals surface area contributed by atoms with E-state index in [-0.39, 0.29) is 5.54 Å². The van der Waals surface area contributed by atoms with Crippen molar-refractivity contribution in [2.75, 3.05) is 5.88 Å². The lowest BCUT2D eigenvalue weighted by atomic mass is 9.94. The molecule has 114 valence electrons. The van der Waals surface area contributed by atoms with Crippen LogP contribution in [0.1, 0.15) is 30.8 Å². The minimum Gasteiger partial charge on any atom is -0.301 e. The van der Waals surface area contributed by atoms with Crippen LogP contribution < -0.4 is 5.32 Å². The molecule has 0 bridgehead atoms. The van der Waals surface area contributed by atoms with Crippen molar-refractivity contribution in [3.63, 3.8) is 0 Å². The fourth-order valence-electron chi connectivity index (χ4n) is 2.32. The number of nitrogens with one attached hydrogen (secondary N) is 1. The van der Waals surface area contributed by atoms with Crippen LogP contribution in [0.3, 0.4) is 0 Å². The molecule has 0 aliphatic carbocycles. The van der Waals surface area contributed by atoms with E-state index in [2.05, 4.69) is 52.3 Å². The van der Waals surface area contributed by atoms with Gasteiger partial charge in [0.1, 0.15) is 0 Å². The first-order valence-corrected chi connectivity index (χ1v) is 8.41. The van der Waals surface area contributed by atoms with Crippen LogP contribution in [0.25, 0.3) is 0 Å². The Hall–Kier alpha value is -0.840. The van der Waals surface area contributed by atoms with Gasteiger partial charge in [0.2, 0.25) is 0 Å². The van der Waals surface area contributed by atoms with Gasteiger partial charge in [0.25, 0.3) is 0 Å². The first kappa shape index (κ1) is 16.5. The molecule has 1 N–H and O–H groups in total. The standard InChI is InChI=1S/C16H21BrClN3/c1-4-13-15(17)14(21(3)20-13)10-19-16(2,11-18)12-8-6-5-7-9-12/h5-9,19H,4,10-11H2,1-3H3. The van der Waals surface area contributed by atoms with E-state index in [1.165, 1.54) is 5.56 Å². The SMILES string of the molecule is CCc1nn(C)c(CNC(C)(CCl)c2ccccc2)c1Br. The van der Waals surface area contributed by atoms with Gasteiger partial charge in [-0.25, -0.2) is 0 Å². The highest BCUT2D eigenvalue weighted by atomic mass is 79.9. The second kappa shape index (κ2) is 6.95. The Balaban J connectivity index is 2.20. The highest BCUT2D eigenvalue weighted by molar-refractivity contribution is 9.10. The average Bonchev–Trinajstić information content (AvgIpc) is 2.80. The fourth-order valence-corrected chi connectivity index (χ4v) is 3.33. The molecule has 3 nitrogen and oxygen atoms in total. The van der Waals surface area contributed by atoms with Crippen LogP contribution in [-0.2, 0) is 25.6 Å². The van der Waals surface area contributed by atoms with E-state index in [0.717, 1.165) is 22.3 Å². The van der Waals surface area contributed by atoms with Gasteiger partial charge >= 0.3 is 0 Å². The van der Waals surface area contributed by atoms with Crippen LogP contribution in [0.4, 0.5) is 0 Å². The number of aryl methyl sites for hydroxylation is 2. The third-order valence-electron chi connectivity index (χ3n) is 3.83. The molecule has 1 aromatic heterocycles. The number of benzene rings is 1. The zero-order valence-corrected chi connectivity index (χ0v) is 15.0. The summed E-state index contributed by atoms with van der Waals surface area (Å²) >= 11 is 9.88. The van der Waals surface area contributed by atoms with Crippen LogP contribution in [0.5, 0.6) is 0 Å². The molecule has 0 aliphatic rings. The van der Waals surface area contributed by atoms with Gasteiger partial charge in [-0.05, 0) is 34.8 Å². The maximum Gasteiger partial charge on any atom is 0.0767 e. The average molecular weight is 371 g/mol. The van der Waals surface area contributed by atoms with E-state index < -0.39 is 0 Å². The Morgan fingerprint density at radius 2 is 2.00 bits per heavy atom. The molecular weight excluding hydrogens is 350 g/mol. The molecule has 21 heavy (non-hydrogen) atoms. The number of hydrogen-bond donors (Lipinski definition) is 1. The number of alkyl halides is 1. The number of aromatic nitrogens is 2. The third-order valence-corrected chi connectivity index (χ3v) is 5.28. The molecule has 1 heterocycles. The molecular formula is C16H21BrClN3. The Bertz CT molecular complexity index is 597. The van der Waals surface area contributed by atoms with E-state index in [4.69, 9.17) is 11.6 Å². The van der Waals surface area contributed by atoms with E-state index in [9.17, 15) is 0 Å². The topological polar surface area (TPSA) is 29.9 Å². The molecule has 1 unspecified atom stereocenters. The fraction of sp³-hybridized carbons (Fsp3) is 0.438. The van der Waals surface area contributed by atoms with Crippen LogP contribution in [0, 0.1) is 0 Å². The minimum atomic E-state index is -0.265. The van der Waals surface area contributed by atoms with E-state index in [0.29, 0.717) is 12.4 Å². The van der Waals surface area contributed by atoms with Crippen molar-refractivity contribution >= 4 is 27.5 Å². The molecule has 0 aliphatic heterocycles. The molecule has 0 saturated carbocycles. The maximum absolute atomic E-state index is 6.22. The summed E-state index contributed by atoms with van der Waals surface area (Å²) < 4.78 is 3.01. The Labute approximate surface area is 139 Å². The van der Waals surface area contributed by atoms with Crippen molar-refractivity contribution in [1.29, 1.82) is 0 Å². The maximum atomic E-state index is 6.22. The number of halogens is 2. The van der Waals surface area contributed by atoms with Crippen LogP contribution >= 0.6 is 27.5 Å². The summed E-state index contributed by atoms with van der Waals surface area (Å²) in [5, 5.41) is 8.10. The molecule has 0 amide bonds. The summed E-state index contributed by atoms with van der Waals surface area (Å²) in [7, 11) is 1.97. The monoisotopic (exact) mass is 369 g/mol. The zero-order valence-electron chi connectivity index (χ0n) is 12.7. The van der Waals surface area contributed by atoms with Crippen molar-refractivity contribution < 1.29 is 0 Å². The predicted molar refractivity (Wildman–Crippen MR) is 91.6 cm³/mol. The van der Waals surface area contributed by atoms with Crippen molar-refractivity contribution in [2.24, 2.45) is 7.05 Å². The summed E-state index contributed by atoms with van der Waals surface area (Å²) in [5.74, 6) is 0.507. The number of hydrogen-bond acceptors (Lipinski definition) is 2. The van der Waals surface area contributed by atoms with Gasteiger partial charge < -0.3 is 5.32 Å². The van der Waals surface area contributed by atoms with Gasteiger partial charge in [0.15, 0.2) is 0 Å². The van der Waals surface area contributed by atoms with Gasteiger partial charge in [-0.2, -0.15) is 5.10 Å². The second-order valence-corrected chi connectivity index (χ2v) is 6.43. The predicted octanol–water partition coefficient (Wildman–Crippen LogP) is 3.99. The molecule has 1 aromatic carbocycles. The first-order valence-electron chi connectivity index (χ1n) is 7.08. The zero-order chi connectivity index (χ0) is 15.5. The van der Waals surface area contributed by atoms with Crippen LogP contribution in [0.2, 0.25) is 0 Å². The normalized spacial score (nSPS) is 14.1. The lowest BCUT2D eigenvalue weighted by Crippen LogP contribution is -2.41. The third kappa shape index (κ3) is 3.50. The summed E-state index contributed by atoms with van der Waals surface area (Å²) in [6.45, 7) is 4.94. The lowest BCUT2D eigenvalue weighted by molar-refractivity contribution is 0.398. The summed E-state index contributed by atoms with van der Waals surface area (Å²) in [6.07, 6.45) is 0.917. The van der Waals surface area contributed by atoms with Gasteiger partial charge in [-0.15, -0.1) is 11.6 Å². The van der Waals surface area contributed by atoms with Crippen molar-refractivity contribution in [3.05, 3.63) is 51.8 Å². The molecule has 0 saturated heterocycles. The van der Waals surface area contributed by atoms with Crippen molar-refractivity contribution in [1.82, 2.24) is 15.1 Å². The summed E-state index contributed by atoms with van der Waals surface area (Å²) in [6, 6.07) is 10.3. The molecule has 1 atom stereocenters. The van der Waals surface area contributed by atoms with Gasteiger partial charge in [0.05, 0.1) is 21.4 Å². The quantitative estimate of drug-likeness (QED) is 0.779. The highest BCUT2D eigenvalue weighted by Gasteiger charge is 2.26. The molecule has 0 spiro atoms. The largest absolute Gasteiger partial charge is 0.301 e. The summed E-state index contributed by atoms with van der Waals surface area (Å²) in [5.41, 5.74) is 3.15. The number of nitrogens with zero attached hydrogens (tertiary/aromatic N) is 2. The van der Waals surface area contributed by atoms with E-state index in [1.54, 1.807) is 0 Å². The smallest absolute Gasteiger partial charge is 0.0767 e.